The molecule has 2 aromatic rings. The minimum atomic E-state index is 0. The van der Waals surface area contributed by atoms with Crippen molar-refractivity contribution < 1.29 is 0 Å². The molecule has 0 saturated carbocycles. The van der Waals surface area contributed by atoms with Crippen molar-refractivity contribution >= 4 is 57.6 Å². The van der Waals surface area contributed by atoms with E-state index in [1.54, 1.807) is 6.20 Å². The van der Waals surface area contributed by atoms with Crippen LogP contribution in [-0.2, 0) is 6.54 Å². The van der Waals surface area contributed by atoms with Gasteiger partial charge in [0.25, 0.3) is 0 Å². The third kappa shape index (κ3) is 8.91. The number of benzene rings is 1. The molecule has 0 amide bonds. The van der Waals surface area contributed by atoms with Crippen LogP contribution < -0.4 is 10.6 Å². The molecule has 136 valence electrons. The van der Waals surface area contributed by atoms with Gasteiger partial charge >= 0.3 is 0 Å². The summed E-state index contributed by atoms with van der Waals surface area (Å²) in [5, 5.41) is 7.11. The molecule has 2 rings (SSSR count). The first-order valence-corrected chi connectivity index (χ1v) is 9.69. The van der Waals surface area contributed by atoms with Crippen molar-refractivity contribution in [3.63, 3.8) is 0 Å². The Morgan fingerprint density at radius 1 is 1.20 bits per heavy atom. The summed E-state index contributed by atoms with van der Waals surface area (Å²) >= 11 is 5.31. The highest BCUT2D eigenvalue weighted by Gasteiger charge is 2.06. The van der Waals surface area contributed by atoms with E-state index in [0.717, 1.165) is 29.2 Å². The summed E-state index contributed by atoms with van der Waals surface area (Å²) in [6.07, 6.45) is 1.79. The van der Waals surface area contributed by atoms with Gasteiger partial charge < -0.3 is 10.6 Å². The van der Waals surface area contributed by atoms with Crippen LogP contribution in [0, 0.1) is 0 Å². The van der Waals surface area contributed by atoms with Crippen LogP contribution >= 0.6 is 51.7 Å². The summed E-state index contributed by atoms with van der Waals surface area (Å²) < 4.78 is 1.11. The number of halogens is 2. The number of nitrogens with one attached hydrogen (secondary N) is 2. The van der Waals surface area contributed by atoms with Gasteiger partial charge in [-0.25, -0.2) is 4.99 Å². The van der Waals surface area contributed by atoms with Crippen molar-refractivity contribution in [3.8, 4) is 0 Å². The molecule has 0 radical (unpaired) electrons. The molecule has 1 aromatic carbocycles. The average molecular weight is 535 g/mol. The zero-order valence-electron chi connectivity index (χ0n) is 14.4. The Kier molecular flexibility index (Phi) is 11.2. The lowest BCUT2D eigenvalue weighted by Crippen LogP contribution is -2.40. The van der Waals surface area contributed by atoms with Crippen LogP contribution in [0.15, 0.2) is 63.0 Å². The van der Waals surface area contributed by atoms with Crippen molar-refractivity contribution in [2.24, 2.45) is 4.99 Å². The fourth-order valence-corrected chi connectivity index (χ4v) is 3.21. The van der Waals surface area contributed by atoms with Gasteiger partial charge in [-0.05, 0) is 43.3 Å². The van der Waals surface area contributed by atoms with Gasteiger partial charge in [-0.15, -0.1) is 35.7 Å². The summed E-state index contributed by atoms with van der Waals surface area (Å²) in [6, 6.07) is 14.3. The highest BCUT2D eigenvalue weighted by Crippen LogP contribution is 2.24. The molecule has 0 fully saturated rings. The maximum atomic E-state index is 4.59. The molecule has 25 heavy (non-hydrogen) atoms. The zero-order chi connectivity index (χ0) is 17.2. The number of hydrogen-bond acceptors (Lipinski definition) is 3. The molecule has 0 aliphatic heterocycles. The predicted octanol–water partition coefficient (Wildman–Crippen LogP) is 4.70. The van der Waals surface area contributed by atoms with Crippen LogP contribution in [0.3, 0.4) is 0 Å². The van der Waals surface area contributed by atoms with Gasteiger partial charge in [-0.1, -0.05) is 28.9 Å². The standard InChI is InChI=1S/C18H23BrN4S.HI/c1-3-20-18(23-13-16-6-4-5-11-21-16)22-12-14(2)24-17-9-7-15(19)8-10-17;/h4-11,14H,3,12-13H2,1-2H3,(H2,20,22,23);1H. The predicted molar refractivity (Wildman–Crippen MR) is 122 cm³/mol. The van der Waals surface area contributed by atoms with Crippen molar-refractivity contribution in [2.75, 3.05) is 13.1 Å². The summed E-state index contributed by atoms with van der Waals surface area (Å²) in [5.41, 5.74) is 0.965. The van der Waals surface area contributed by atoms with Crippen molar-refractivity contribution in [1.29, 1.82) is 0 Å². The molecule has 0 bridgehead atoms. The zero-order valence-corrected chi connectivity index (χ0v) is 19.1. The number of guanidine groups is 1. The van der Waals surface area contributed by atoms with Crippen LogP contribution in [0.4, 0.5) is 0 Å². The molecule has 1 unspecified atom stereocenters. The summed E-state index contributed by atoms with van der Waals surface area (Å²) in [7, 11) is 0. The molecule has 1 heterocycles. The maximum absolute atomic E-state index is 4.59. The second kappa shape index (κ2) is 12.5. The molecule has 1 aromatic heterocycles. The Bertz CT molecular complexity index is 637. The van der Waals surface area contributed by atoms with Crippen molar-refractivity contribution in [3.05, 3.63) is 58.8 Å². The lowest BCUT2D eigenvalue weighted by Gasteiger charge is -2.15. The minimum absolute atomic E-state index is 0. The van der Waals surface area contributed by atoms with Gasteiger partial charge in [0, 0.05) is 33.9 Å². The largest absolute Gasteiger partial charge is 0.357 e. The summed E-state index contributed by atoms with van der Waals surface area (Å²) in [5.74, 6) is 0.825. The van der Waals surface area contributed by atoms with E-state index < -0.39 is 0 Å². The number of hydrogen-bond donors (Lipinski definition) is 2. The van der Waals surface area contributed by atoms with Crippen molar-refractivity contribution in [1.82, 2.24) is 15.6 Å². The Hall–Kier alpha value is -0.800. The van der Waals surface area contributed by atoms with Gasteiger partial charge in [-0.3, -0.25) is 4.98 Å². The van der Waals surface area contributed by atoms with Crippen molar-refractivity contribution in [2.45, 2.75) is 30.5 Å². The number of rotatable bonds is 7. The van der Waals surface area contributed by atoms with Crippen LogP contribution in [0.2, 0.25) is 0 Å². The maximum Gasteiger partial charge on any atom is 0.191 e. The third-order valence-corrected chi connectivity index (χ3v) is 4.82. The van der Waals surface area contributed by atoms with Crippen LogP contribution in [0.5, 0.6) is 0 Å². The third-order valence-electron chi connectivity index (χ3n) is 3.18. The van der Waals surface area contributed by atoms with E-state index in [0.29, 0.717) is 11.8 Å². The highest BCUT2D eigenvalue weighted by molar-refractivity contribution is 14.0. The van der Waals surface area contributed by atoms with Gasteiger partial charge in [0.15, 0.2) is 5.96 Å². The molecule has 4 nitrogen and oxygen atoms in total. The minimum Gasteiger partial charge on any atom is -0.357 e. The normalized spacial score (nSPS) is 12.2. The molecule has 0 aliphatic rings. The molecule has 0 saturated heterocycles. The van der Waals surface area contributed by atoms with E-state index in [9.17, 15) is 0 Å². The Morgan fingerprint density at radius 2 is 1.96 bits per heavy atom. The molecular formula is C18H24BrIN4S. The number of pyridine rings is 1. The average Bonchev–Trinajstić information content (AvgIpc) is 2.60. The van der Waals surface area contributed by atoms with Crippen LogP contribution in [-0.4, -0.2) is 29.3 Å². The molecular weight excluding hydrogens is 511 g/mol. The Balaban J connectivity index is 0.00000312. The van der Waals surface area contributed by atoms with E-state index in [2.05, 4.69) is 74.7 Å². The lowest BCUT2D eigenvalue weighted by molar-refractivity contribution is 0.792. The van der Waals surface area contributed by atoms with E-state index in [-0.39, 0.29) is 24.0 Å². The number of thioether (sulfide) groups is 1. The Morgan fingerprint density at radius 3 is 2.60 bits per heavy atom. The van der Waals surface area contributed by atoms with Crippen LogP contribution in [0.1, 0.15) is 19.5 Å². The molecule has 2 N–H and O–H groups in total. The molecule has 0 spiro atoms. The SMILES string of the molecule is CCNC(=NCc1ccccn1)NCC(C)Sc1ccc(Br)cc1.I. The Labute approximate surface area is 179 Å². The lowest BCUT2D eigenvalue weighted by atomic mass is 10.3. The van der Waals surface area contributed by atoms with E-state index >= 15 is 0 Å². The first kappa shape index (κ1) is 22.2. The summed E-state index contributed by atoms with van der Waals surface area (Å²) in [4.78, 5) is 10.2. The second-order valence-electron chi connectivity index (χ2n) is 5.28. The number of nitrogens with zero attached hydrogens (tertiary/aromatic N) is 2. The number of aromatic nitrogens is 1. The van der Waals surface area contributed by atoms with E-state index in [1.807, 2.05) is 30.0 Å². The van der Waals surface area contributed by atoms with Gasteiger partial charge in [0.05, 0.1) is 12.2 Å². The van der Waals surface area contributed by atoms with E-state index in [1.165, 1.54) is 4.90 Å². The van der Waals surface area contributed by atoms with Gasteiger partial charge in [-0.2, -0.15) is 0 Å². The van der Waals surface area contributed by atoms with Crippen LogP contribution in [0.25, 0.3) is 0 Å². The first-order valence-electron chi connectivity index (χ1n) is 8.01. The highest BCUT2D eigenvalue weighted by atomic mass is 127. The van der Waals surface area contributed by atoms with E-state index in [4.69, 9.17) is 0 Å². The summed E-state index contributed by atoms with van der Waals surface area (Å²) in [6.45, 7) is 6.53. The number of aliphatic imine (C=N–C) groups is 1. The topological polar surface area (TPSA) is 49.3 Å². The fourth-order valence-electron chi connectivity index (χ4n) is 2.02. The monoisotopic (exact) mass is 534 g/mol. The molecule has 1 atom stereocenters. The smallest absolute Gasteiger partial charge is 0.191 e. The molecule has 7 heteroatoms. The van der Waals surface area contributed by atoms with Gasteiger partial charge in [0.1, 0.15) is 0 Å². The fraction of sp³-hybridized carbons (Fsp3) is 0.333. The quantitative estimate of drug-likeness (QED) is 0.234. The molecule has 0 aliphatic carbocycles. The first-order chi connectivity index (χ1) is 11.7. The second-order valence-corrected chi connectivity index (χ2v) is 7.71. The van der Waals surface area contributed by atoms with Gasteiger partial charge in [0.2, 0.25) is 0 Å².